The van der Waals surface area contributed by atoms with E-state index in [0.29, 0.717) is 5.52 Å². The maximum atomic E-state index is 14.0. The van der Waals surface area contributed by atoms with E-state index >= 15 is 0 Å². The van der Waals surface area contributed by atoms with Crippen LogP contribution < -0.4 is 5.32 Å². The van der Waals surface area contributed by atoms with Gasteiger partial charge in [-0.15, -0.1) is 0 Å². The molecule has 0 radical (unpaired) electrons. The molecule has 1 aromatic carbocycles. The molecule has 96 valence electrons. The van der Waals surface area contributed by atoms with Gasteiger partial charge < -0.3 is 5.32 Å². The lowest BCUT2D eigenvalue weighted by Crippen LogP contribution is -2.02. The molecule has 0 atom stereocenters. The van der Waals surface area contributed by atoms with Crippen LogP contribution in [0.1, 0.15) is 26.0 Å². The topological polar surface area (TPSA) is 24.9 Å². The number of nitrogens with one attached hydrogen (secondary N) is 1. The van der Waals surface area contributed by atoms with Crippen LogP contribution in [0, 0.1) is 5.82 Å². The summed E-state index contributed by atoms with van der Waals surface area (Å²) in [5.41, 5.74) is 2.16. The zero-order valence-corrected chi connectivity index (χ0v) is 11.3. The molecule has 0 saturated heterocycles. The fourth-order valence-corrected chi connectivity index (χ4v) is 2.16. The Morgan fingerprint density at radius 1 is 1.33 bits per heavy atom. The Balaban J connectivity index is 2.68. The van der Waals surface area contributed by atoms with Crippen molar-refractivity contribution >= 4 is 28.2 Å². The molecule has 1 aromatic heterocycles. The van der Waals surface area contributed by atoms with Crippen molar-refractivity contribution in [2.24, 2.45) is 0 Å². The van der Waals surface area contributed by atoms with Gasteiger partial charge in [0.25, 0.3) is 0 Å². The molecular formula is C14H16ClFN2. The largest absolute Gasteiger partial charge is 0.385 e. The Bertz CT molecular complexity index is 569. The monoisotopic (exact) mass is 266 g/mol. The second-order valence-electron chi connectivity index (χ2n) is 4.20. The van der Waals surface area contributed by atoms with Crippen LogP contribution in [-0.4, -0.2) is 11.5 Å². The summed E-state index contributed by atoms with van der Waals surface area (Å²) in [6.07, 6.45) is 1.81. The highest BCUT2D eigenvalue weighted by Gasteiger charge is 2.11. The first-order valence-corrected chi connectivity index (χ1v) is 6.56. The van der Waals surface area contributed by atoms with Gasteiger partial charge in [-0.1, -0.05) is 24.9 Å². The average molecular weight is 267 g/mol. The average Bonchev–Trinajstić information content (AvgIpc) is 2.35. The van der Waals surface area contributed by atoms with Gasteiger partial charge in [0.15, 0.2) is 5.82 Å². The van der Waals surface area contributed by atoms with E-state index in [1.54, 1.807) is 6.07 Å². The van der Waals surface area contributed by atoms with Crippen LogP contribution in [0.15, 0.2) is 18.2 Å². The highest BCUT2D eigenvalue weighted by atomic mass is 35.5. The van der Waals surface area contributed by atoms with Crippen LogP contribution in [0.2, 0.25) is 5.02 Å². The number of pyridine rings is 1. The van der Waals surface area contributed by atoms with Gasteiger partial charge >= 0.3 is 0 Å². The van der Waals surface area contributed by atoms with Crippen LogP contribution >= 0.6 is 11.6 Å². The van der Waals surface area contributed by atoms with Gasteiger partial charge in [-0.3, -0.25) is 0 Å². The molecule has 0 amide bonds. The molecule has 0 unspecified atom stereocenters. The van der Waals surface area contributed by atoms with Crippen molar-refractivity contribution in [3.8, 4) is 0 Å². The molecule has 18 heavy (non-hydrogen) atoms. The fourth-order valence-electron chi connectivity index (χ4n) is 2.01. The maximum absolute atomic E-state index is 14.0. The lowest BCUT2D eigenvalue weighted by atomic mass is 10.1. The molecule has 0 bridgehead atoms. The van der Waals surface area contributed by atoms with Crippen molar-refractivity contribution in [1.29, 1.82) is 0 Å². The van der Waals surface area contributed by atoms with Crippen molar-refractivity contribution in [3.63, 3.8) is 0 Å². The third-order valence-corrected chi connectivity index (χ3v) is 3.09. The lowest BCUT2D eigenvalue weighted by molar-refractivity contribution is 0.636. The molecule has 1 N–H and O–H groups in total. The Labute approximate surface area is 111 Å². The van der Waals surface area contributed by atoms with E-state index in [2.05, 4.69) is 17.2 Å². The molecule has 0 aliphatic heterocycles. The van der Waals surface area contributed by atoms with E-state index in [4.69, 9.17) is 11.6 Å². The zero-order chi connectivity index (χ0) is 13.1. The summed E-state index contributed by atoms with van der Waals surface area (Å²) in [6.45, 7) is 4.88. The lowest BCUT2D eigenvalue weighted by Gasteiger charge is -2.11. The standard InChI is InChI=1S/C14H16ClFN2/c1-3-5-9-8-12(17-4-2)10-6-7-11(15)13(16)14(10)18-9/h6-8H,3-5H2,1-2H3,(H,17,18). The number of benzene rings is 1. The van der Waals surface area contributed by atoms with Gasteiger partial charge in [0, 0.05) is 23.3 Å². The van der Waals surface area contributed by atoms with Gasteiger partial charge in [-0.05, 0) is 31.5 Å². The van der Waals surface area contributed by atoms with E-state index in [-0.39, 0.29) is 5.02 Å². The van der Waals surface area contributed by atoms with Crippen molar-refractivity contribution in [1.82, 2.24) is 4.98 Å². The molecule has 2 nitrogen and oxygen atoms in total. The first kappa shape index (κ1) is 13.1. The number of aromatic nitrogens is 1. The molecule has 0 aliphatic carbocycles. The molecular weight excluding hydrogens is 251 g/mol. The van der Waals surface area contributed by atoms with Gasteiger partial charge in [0.2, 0.25) is 0 Å². The van der Waals surface area contributed by atoms with Gasteiger partial charge in [-0.25, -0.2) is 9.37 Å². The highest BCUT2D eigenvalue weighted by molar-refractivity contribution is 6.31. The number of nitrogens with zero attached hydrogens (tertiary/aromatic N) is 1. The molecule has 4 heteroatoms. The second-order valence-corrected chi connectivity index (χ2v) is 4.61. The van der Waals surface area contributed by atoms with Crippen LogP contribution in [0.4, 0.5) is 10.1 Å². The summed E-state index contributed by atoms with van der Waals surface area (Å²) in [7, 11) is 0. The Morgan fingerprint density at radius 2 is 2.11 bits per heavy atom. The van der Waals surface area contributed by atoms with Gasteiger partial charge in [-0.2, -0.15) is 0 Å². The number of rotatable bonds is 4. The third-order valence-electron chi connectivity index (χ3n) is 2.80. The minimum atomic E-state index is -0.439. The first-order chi connectivity index (χ1) is 8.67. The fraction of sp³-hybridized carbons (Fsp3) is 0.357. The Kier molecular flexibility index (Phi) is 4.02. The van der Waals surface area contributed by atoms with Crippen LogP contribution in [0.5, 0.6) is 0 Å². The predicted molar refractivity (Wildman–Crippen MR) is 74.9 cm³/mol. The Morgan fingerprint density at radius 3 is 2.78 bits per heavy atom. The molecule has 2 rings (SSSR count). The minimum absolute atomic E-state index is 0.117. The highest BCUT2D eigenvalue weighted by Crippen LogP contribution is 2.29. The number of hydrogen-bond donors (Lipinski definition) is 1. The number of anilines is 1. The minimum Gasteiger partial charge on any atom is -0.385 e. The van der Waals surface area contributed by atoms with Crippen molar-refractivity contribution in [3.05, 3.63) is 34.7 Å². The van der Waals surface area contributed by atoms with Crippen molar-refractivity contribution in [2.45, 2.75) is 26.7 Å². The van der Waals surface area contributed by atoms with E-state index in [9.17, 15) is 4.39 Å². The first-order valence-electron chi connectivity index (χ1n) is 6.18. The predicted octanol–water partition coefficient (Wildman–Crippen LogP) is 4.41. The summed E-state index contributed by atoms with van der Waals surface area (Å²) < 4.78 is 14.0. The summed E-state index contributed by atoms with van der Waals surface area (Å²) in [6, 6.07) is 5.37. The number of fused-ring (bicyclic) bond motifs is 1. The molecule has 0 fully saturated rings. The van der Waals surface area contributed by atoms with Crippen LogP contribution in [0.3, 0.4) is 0 Å². The molecule has 0 spiro atoms. The van der Waals surface area contributed by atoms with Crippen molar-refractivity contribution < 1.29 is 4.39 Å². The number of hydrogen-bond acceptors (Lipinski definition) is 2. The molecule has 0 saturated carbocycles. The van der Waals surface area contributed by atoms with Gasteiger partial charge in [0.05, 0.1) is 5.02 Å². The molecule has 0 aliphatic rings. The Hall–Kier alpha value is -1.35. The summed E-state index contributed by atoms with van der Waals surface area (Å²) >= 11 is 5.81. The smallest absolute Gasteiger partial charge is 0.168 e. The number of halogens is 2. The maximum Gasteiger partial charge on any atom is 0.168 e. The van der Waals surface area contributed by atoms with Crippen LogP contribution in [-0.2, 0) is 6.42 Å². The zero-order valence-electron chi connectivity index (χ0n) is 10.6. The van der Waals surface area contributed by atoms with Gasteiger partial charge in [0.1, 0.15) is 5.52 Å². The quantitative estimate of drug-likeness (QED) is 0.887. The third kappa shape index (κ3) is 2.41. The van der Waals surface area contributed by atoms with E-state index < -0.39 is 5.82 Å². The summed E-state index contributed by atoms with van der Waals surface area (Å²) in [4.78, 5) is 4.37. The SMILES string of the molecule is CCCc1cc(NCC)c2ccc(Cl)c(F)c2n1. The molecule has 1 heterocycles. The summed E-state index contributed by atoms with van der Waals surface area (Å²) in [5.74, 6) is -0.439. The number of aryl methyl sites for hydroxylation is 1. The van der Waals surface area contributed by atoms with Crippen LogP contribution in [0.25, 0.3) is 10.9 Å². The van der Waals surface area contributed by atoms with E-state index in [1.807, 2.05) is 19.1 Å². The van der Waals surface area contributed by atoms with Crippen molar-refractivity contribution in [2.75, 3.05) is 11.9 Å². The summed E-state index contributed by atoms with van der Waals surface area (Å²) in [5, 5.41) is 4.14. The second kappa shape index (κ2) is 5.53. The molecule has 2 aromatic rings. The van der Waals surface area contributed by atoms with E-state index in [0.717, 1.165) is 36.2 Å². The normalized spacial score (nSPS) is 10.9. The van der Waals surface area contributed by atoms with E-state index in [1.165, 1.54) is 0 Å².